The molecule has 0 bridgehead atoms. The monoisotopic (exact) mass is 346 g/mol. The van der Waals surface area contributed by atoms with Gasteiger partial charge in [-0.1, -0.05) is 6.07 Å². The molecule has 132 valence electrons. The molecule has 1 aromatic carbocycles. The topological polar surface area (TPSA) is 104 Å². The van der Waals surface area contributed by atoms with E-state index < -0.39 is 16.7 Å². The first-order valence-electron chi connectivity index (χ1n) is 7.93. The van der Waals surface area contributed by atoms with Crippen LogP contribution < -0.4 is 10.1 Å². The first-order valence-corrected chi connectivity index (χ1v) is 7.93. The molecule has 1 saturated heterocycles. The molecule has 8 nitrogen and oxygen atoms in total. The molecular weight excluding hydrogens is 328 g/mol. The third-order valence-electron chi connectivity index (χ3n) is 3.83. The maximum Gasteiger partial charge on any atom is 0.433 e. The molecule has 0 aliphatic carbocycles. The van der Waals surface area contributed by atoms with Gasteiger partial charge < -0.3 is 19.2 Å². The summed E-state index contributed by atoms with van der Waals surface area (Å²) in [6.45, 7) is 3.06. The Bertz CT molecular complexity index is 779. The van der Waals surface area contributed by atoms with Gasteiger partial charge in [0.15, 0.2) is 5.76 Å². The summed E-state index contributed by atoms with van der Waals surface area (Å²) in [5.41, 5.74) is 1.45. The van der Waals surface area contributed by atoms with Crippen molar-refractivity contribution in [1.82, 2.24) is 0 Å². The van der Waals surface area contributed by atoms with Crippen LogP contribution in [0.15, 0.2) is 34.7 Å². The first kappa shape index (κ1) is 17.0. The Labute approximate surface area is 143 Å². The van der Waals surface area contributed by atoms with Crippen molar-refractivity contribution in [2.24, 2.45) is 0 Å². The van der Waals surface area contributed by atoms with E-state index >= 15 is 0 Å². The minimum atomic E-state index is -0.696. The summed E-state index contributed by atoms with van der Waals surface area (Å²) >= 11 is 0. The molecule has 0 radical (unpaired) electrons. The van der Waals surface area contributed by atoms with Gasteiger partial charge in [0, 0.05) is 6.61 Å². The van der Waals surface area contributed by atoms with Gasteiger partial charge in [-0.2, -0.15) is 0 Å². The second-order valence-corrected chi connectivity index (χ2v) is 5.79. The van der Waals surface area contributed by atoms with Crippen molar-refractivity contribution in [2.75, 3.05) is 18.5 Å². The van der Waals surface area contributed by atoms with Crippen LogP contribution in [0.5, 0.6) is 5.75 Å². The largest absolute Gasteiger partial charge is 0.489 e. The van der Waals surface area contributed by atoms with Gasteiger partial charge in [-0.25, -0.2) is 0 Å². The molecule has 1 aliphatic heterocycles. The quantitative estimate of drug-likeness (QED) is 0.636. The van der Waals surface area contributed by atoms with Gasteiger partial charge in [-0.05, 0) is 43.5 Å². The lowest BCUT2D eigenvalue weighted by Gasteiger charge is -2.15. The number of rotatable bonds is 6. The SMILES string of the molecule is Cc1ccc(NC(=O)c2ccc([N+](=O)[O-])o2)c(OC[C@@H]2CCCO2)c1. The summed E-state index contributed by atoms with van der Waals surface area (Å²) in [6.07, 6.45) is 2.02. The maximum absolute atomic E-state index is 12.2. The van der Waals surface area contributed by atoms with Gasteiger partial charge in [0.2, 0.25) is 0 Å². The van der Waals surface area contributed by atoms with E-state index in [1.807, 2.05) is 19.1 Å². The molecule has 0 spiro atoms. The number of carbonyl (C=O) groups is 1. The van der Waals surface area contributed by atoms with Crippen LogP contribution in [0.1, 0.15) is 29.0 Å². The molecule has 25 heavy (non-hydrogen) atoms. The number of ether oxygens (including phenoxy) is 2. The number of nitro groups is 1. The van der Waals surface area contributed by atoms with Crippen molar-refractivity contribution < 1.29 is 23.6 Å². The number of nitrogens with one attached hydrogen (secondary N) is 1. The summed E-state index contributed by atoms with van der Waals surface area (Å²) in [6, 6.07) is 7.76. The summed E-state index contributed by atoms with van der Waals surface area (Å²) in [7, 11) is 0. The molecule has 1 atom stereocenters. The minimum Gasteiger partial charge on any atom is -0.489 e. The Morgan fingerprint density at radius 3 is 2.92 bits per heavy atom. The Morgan fingerprint density at radius 1 is 1.40 bits per heavy atom. The smallest absolute Gasteiger partial charge is 0.433 e. The third kappa shape index (κ3) is 4.16. The van der Waals surface area contributed by atoms with E-state index in [-0.39, 0.29) is 11.9 Å². The number of aryl methyl sites for hydroxylation is 1. The van der Waals surface area contributed by atoms with Gasteiger partial charge in [0.1, 0.15) is 17.3 Å². The Balaban J connectivity index is 1.71. The van der Waals surface area contributed by atoms with Crippen LogP contribution in [-0.4, -0.2) is 30.1 Å². The number of hydrogen-bond acceptors (Lipinski definition) is 6. The van der Waals surface area contributed by atoms with Crippen molar-refractivity contribution in [3.63, 3.8) is 0 Å². The molecule has 2 heterocycles. The average Bonchev–Trinajstić information content (AvgIpc) is 3.26. The highest BCUT2D eigenvalue weighted by Gasteiger charge is 2.20. The number of benzene rings is 1. The van der Waals surface area contributed by atoms with Crippen LogP contribution in [0, 0.1) is 17.0 Å². The number of nitrogens with zero attached hydrogens (tertiary/aromatic N) is 1. The van der Waals surface area contributed by atoms with Crippen molar-refractivity contribution in [3.05, 3.63) is 51.8 Å². The highest BCUT2D eigenvalue weighted by Crippen LogP contribution is 2.28. The van der Waals surface area contributed by atoms with Gasteiger partial charge >= 0.3 is 5.88 Å². The molecule has 0 saturated carbocycles. The van der Waals surface area contributed by atoms with E-state index in [4.69, 9.17) is 13.9 Å². The number of amides is 1. The van der Waals surface area contributed by atoms with Crippen LogP contribution in [0.25, 0.3) is 0 Å². The van der Waals surface area contributed by atoms with E-state index in [1.165, 1.54) is 6.07 Å². The van der Waals surface area contributed by atoms with Gasteiger partial charge in [0.05, 0.1) is 17.9 Å². The fourth-order valence-electron chi connectivity index (χ4n) is 2.54. The third-order valence-corrected chi connectivity index (χ3v) is 3.83. The lowest BCUT2D eigenvalue weighted by Crippen LogP contribution is -2.18. The van der Waals surface area contributed by atoms with Crippen molar-refractivity contribution in [3.8, 4) is 5.75 Å². The number of carbonyl (C=O) groups excluding carboxylic acids is 1. The molecule has 1 aliphatic rings. The normalized spacial score (nSPS) is 16.6. The second kappa shape index (κ2) is 7.35. The molecule has 0 unspecified atom stereocenters. The number of furan rings is 1. The summed E-state index contributed by atoms with van der Waals surface area (Å²) in [4.78, 5) is 22.2. The molecule has 8 heteroatoms. The van der Waals surface area contributed by atoms with Gasteiger partial charge in [-0.15, -0.1) is 0 Å². The van der Waals surface area contributed by atoms with Crippen LogP contribution in [0.4, 0.5) is 11.6 Å². The predicted octanol–water partition coefficient (Wildman–Crippen LogP) is 3.31. The first-order chi connectivity index (χ1) is 12.0. The minimum absolute atomic E-state index is 0.0526. The maximum atomic E-state index is 12.2. The Morgan fingerprint density at radius 2 is 2.24 bits per heavy atom. The van der Waals surface area contributed by atoms with Crippen molar-refractivity contribution in [1.29, 1.82) is 0 Å². The van der Waals surface area contributed by atoms with Crippen molar-refractivity contribution in [2.45, 2.75) is 25.9 Å². The second-order valence-electron chi connectivity index (χ2n) is 5.79. The van der Waals surface area contributed by atoms with E-state index in [0.717, 1.165) is 31.1 Å². The highest BCUT2D eigenvalue weighted by atomic mass is 16.6. The van der Waals surface area contributed by atoms with Crippen molar-refractivity contribution >= 4 is 17.5 Å². The highest BCUT2D eigenvalue weighted by molar-refractivity contribution is 6.03. The zero-order valence-electron chi connectivity index (χ0n) is 13.7. The van der Waals surface area contributed by atoms with E-state index in [0.29, 0.717) is 18.0 Å². The number of hydrogen-bond donors (Lipinski definition) is 1. The van der Waals surface area contributed by atoms with E-state index in [9.17, 15) is 14.9 Å². The molecule has 1 fully saturated rings. The zero-order chi connectivity index (χ0) is 17.8. The Kier molecular flexibility index (Phi) is 4.99. The molecular formula is C17H18N2O6. The standard InChI is InChI=1S/C17H18N2O6/c1-11-4-5-13(15(9-11)24-10-12-3-2-8-23-12)18-17(20)14-6-7-16(25-14)19(21)22/h4-7,9,12H,2-3,8,10H2,1H3,(H,18,20)/t12-/m0/s1. The lowest BCUT2D eigenvalue weighted by atomic mass is 10.2. The molecule has 1 aromatic heterocycles. The number of anilines is 1. The van der Waals surface area contributed by atoms with Crippen LogP contribution >= 0.6 is 0 Å². The molecule has 3 rings (SSSR count). The zero-order valence-corrected chi connectivity index (χ0v) is 13.7. The molecule has 1 N–H and O–H groups in total. The molecule has 1 amide bonds. The van der Waals surface area contributed by atoms with Crippen LogP contribution in [0.3, 0.4) is 0 Å². The van der Waals surface area contributed by atoms with Gasteiger partial charge in [-0.3, -0.25) is 14.9 Å². The average molecular weight is 346 g/mol. The summed E-state index contributed by atoms with van der Waals surface area (Å²) in [5.74, 6) is -0.690. The van der Waals surface area contributed by atoms with Gasteiger partial charge in [0.25, 0.3) is 5.91 Å². The molecule has 2 aromatic rings. The van der Waals surface area contributed by atoms with Crippen LogP contribution in [-0.2, 0) is 4.74 Å². The lowest BCUT2D eigenvalue weighted by molar-refractivity contribution is -0.402. The fraction of sp³-hybridized carbons (Fsp3) is 0.353. The summed E-state index contributed by atoms with van der Waals surface area (Å²) < 4.78 is 16.2. The summed E-state index contributed by atoms with van der Waals surface area (Å²) in [5, 5.41) is 13.3. The van der Waals surface area contributed by atoms with E-state index in [1.54, 1.807) is 6.07 Å². The van der Waals surface area contributed by atoms with E-state index in [2.05, 4.69) is 5.32 Å². The van der Waals surface area contributed by atoms with Crippen LogP contribution in [0.2, 0.25) is 0 Å². The Hall–Kier alpha value is -2.87. The fourth-order valence-corrected chi connectivity index (χ4v) is 2.54. The predicted molar refractivity (Wildman–Crippen MR) is 89.0 cm³/mol.